The highest BCUT2D eigenvalue weighted by molar-refractivity contribution is 5.96. The third-order valence-corrected chi connectivity index (χ3v) is 2.93. The third-order valence-electron chi connectivity index (χ3n) is 2.93. The summed E-state index contributed by atoms with van der Waals surface area (Å²) in [5, 5.41) is 3.99. The lowest BCUT2D eigenvalue weighted by atomic mass is 10.1. The molecule has 0 bridgehead atoms. The molecule has 0 aliphatic heterocycles. The standard InChI is InChI=1S/C11H11N5O/c12-10(17)8-4-7-2-1-3-9(7)15-11(8)16-6-13-5-14-16/h4-6H,1-3H2,(H2,12,17). The Morgan fingerprint density at radius 1 is 1.41 bits per heavy atom. The van der Waals surface area contributed by atoms with Crippen LogP contribution in [0.15, 0.2) is 18.7 Å². The first-order valence-electron chi connectivity index (χ1n) is 5.43. The molecule has 0 unspecified atom stereocenters. The lowest BCUT2D eigenvalue weighted by molar-refractivity contribution is 0.0999. The topological polar surface area (TPSA) is 86.7 Å². The van der Waals surface area contributed by atoms with E-state index in [0.717, 1.165) is 30.5 Å². The van der Waals surface area contributed by atoms with Gasteiger partial charge in [-0.3, -0.25) is 4.79 Å². The van der Waals surface area contributed by atoms with E-state index in [2.05, 4.69) is 15.1 Å². The van der Waals surface area contributed by atoms with Crippen molar-refractivity contribution in [2.24, 2.45) is 5.73 Å². The Labute approximate surface area is 97.5 Å². The Balaban J connectivity index is 2.22. The van der Waals surface area contributed by atoms with E-state index < -0.39 is 5.91 Å². The van der Waals surface area contributed by atoms with Gasteiger partial charge in [0.15, 0.2) is 5.82 Å². The van der Waals surface area contributed by atoms with Gasteiger partial charge >= 0.3 is 0 Å². The highest BCUT2D eigenvalue weighted by Crippen LogP contribution is 2.24. The summed E-state index contributed by atoms with van der Waals surface area (Å²) in [7, 11) is 0. The molecule has 0 saturated heterocycles. The van der Waals surface area contributed by atoms with Gasteiger partial charge in [-0.15, -0.1) is 0 Å². The van der Waals surface area contributed by atoms with E-state index in [1.54, 1.807) is 0 Å². The van der Waals surface area contributed by atoms with Crippen molar-refractivity contribution >= 4 is 5.91 Å². The summed E-state index contributed by atoms with van der Waals surface area (Å²) in [6.45, 7) is 0. The Bertz CT molecular complexity index is 576. The highest BCUT2D eigenvalue weighted by Gasteiger charge is 2.20. The lowest BCUT2D eigenvalue weighted by Crippen LogP contribution is -2.17. The number of rotatable bonds is 2. The number of pyridine rings is 1. The number of primary amides is 1. The van der Waals surface area contributed by atoms with Crippen molar-refractivity contribution in [1.82, 2.24) is 19.7 Å². The van der Waals surface area contributed by atoms with Crippen LogP contribution in [0, 0.1) is 0 Å². The van der Waals surface area contributed by atoms with Crippen molar-refractivity contribution in [2.45, 2.75) is 19.3 Å². The molecule has 2 heterocycles. The maximum absolute atomic E-state index is 11.4. The number of aromatic nitrogens is 4. The normalized spacial score (nSPS) is 13.6. The van der Waals surface area contributed by atoms with Gasteiger partial charge in [0.05, 0.1) is 5.56 Å². The van der Waals surface area contributed by atoms with Crippen LogP contribution >= 0.6 is 0 Å². The largest absolute Gasteiger partial charge is 0.365 e. The Kier molecular flexibility index (Phi) is 2.14. The van der Waals surface area contributed by atoms with Gasteiger partial charge < -0.3 is 5.73 Å². The van der Waals surface area contributed by atoms with E-state index >= 15 is 0 Å². The van der Waals surface area contributed by atoms with Gasteiger partial charge in [0.25, 0.3) is 5.91 Å². The second kappa shape index (κ2) is 3.65. The summed E-state index contributed by atoms with van der Waals surface area (Å²) in [5.41, 5.74) is 7.92. The zero-order chi connectivity index (χ0) is 11.8. The zero-order valence-electron chi connectivity index (χ0n) is 9.13. The first-order chi connectivity index (χ1) is 8.25. The number of hydrogen-bond acceptors (Lipinski definition) is 4. The molecular formula is C11H11N5O. The first kappa shape index (κ1) is 9.95. The minimum absolute atomic E-state index is 0.399. The van der Waals surface area contributed by atoms with Crippen molar-refractivity contribution in [3.63, 3.8) is 0 Å². The molecule has 6 heteroatoms. The van der Waals surface area contributed by atoms with E-state index in [-0.39, 0.29) is 0 Å². The number of fused-ring (bicyclic) bond motifs is 1. The van der Waals surface area contributed by atoms with Crippen LogP contribution in [-0.2, 0) is 12.8 Å². The molecule has 0 saturated carbocycles. The van der Waals surface area contributed by atoms with Crippen LogP contribution in [0.4, 0.5) is 0 Å². The number of amides is 1. The monoisotopic (exact) mass is 229 g/mol. The van der Waals surface area contributed by atoms with Crippen molar-refractivity contribution in [2.75, 3.05) is 0 Å². The summed E-state index contributed by atoms with van der Waals surface area (Å²) in [6, 6.07) is 1.83. The fourth-order valence-electron chi connectivity index (χ4n) is 2.13. The van der Waals surface area contributed by atoms with E-state index in [4.69, 9.17) is 5.73 Å². The van der Waals surface area contributed by atoms with Crippen LogP contribution < -0.4 is 5.73 Å². The summed E-state index contributed by atoms with van der Waals surface area (Å²) < 4.78 is 1.47. The number of nitrogens with zero attached hydrogens (tertiary/aromatic N) is 4. The van der Waals surface area contributed by atoms with Gasteiger partial charge in [-0.25, -0.2) is 14.6 Å². The maximum atomic E-state index is 11.4. The summed E-state index contributed by atoms with van der Waals surface area (Å²) in [6.07, 6.45) is 5.88. The molecule has 0 radical (unpaired) electrons. The van der Waals surface area contributed by atoms with Gasteiger partial charge in [0, 0.05) is 5.69 Å². The molecule has 0 atom stereocenters. The lowest BCUT2D eigenvalue weighted by Gasteiger charge is -2.08. The van der Waals surface area contributed by atoms with Gasteiger partial charge in [-0.05, 0) is 30.9 Å². The Morgan fingerprint density at radius 2 is 2.29 bits per heavy atom. The van der Waals surface area contributed by atoms with E-state index in [1.165, 1.54) is 17.3 Å². The molecule has 2 N–H and O–H groups in total. The molecule has 0 aromatic carbocycles. The predicted octanol–water partition coefficient (Wildman–Crippen LogP) is 0.250. The van der Waals surface area contributed by atoms with Crippen LogP contribution in [0.5, 0.6) is 0 Å². The summed E-state index contributed by atoms with van der Waals surface area (Å²) in [5.74, 6) is -0.0200. The van der Waals surface area contributed by atoms with Crippen LogP contribution in [0.25, 0.3) is 5.82 Å². The number of aryl methyl sites for hydroxylation is 2. The molecule has 0 fully saturated rings. The molecular weight excluding hydrogens is 218 g/mol. The fraction of sp³-hybridized carbons (Fsp3) is 0.273. The average molecular weight is 229 g/mol. The van der Waals surface area contributed by atoms with Gasteiger partial charge in [-0.1, -0.05) is 0 Å². The van der Waals surface area contributed by atoms with Gasteiger partial charge in [0.2, 0.25) is 0 Å². The first-order valence-corrected chi connectivity index (χ1v) is 5.43. The molecule has 2 aromatic rings. The maximum Gasteiger partial charge on any atom is 0.252 e. The predicted molar refractivity (Wildman–Crippen MR) is 59.7 cm³/mol. The Morgan fingerprint density at radius 3 is 3.00 bits per heavy atom. The number of carbonyl (C=O) groups is 1. The highest BCUT2D eigenvalue weighted by atomic mass is 16.1. The minimum atomic E-state index is -0.488. The molecule has 6 nitrogen and oxygen atoms in total. The number of hydrogen-bond donors (Lipinski definition) is 1. The minimum Gasteiger partial charge on any atom is -0.365 e. The van der Waals surface area contributed by atoms with Crippen molar-refractivity contribution in [3.8, 4) is 5.82 Å². The molecule has 1 aliphatic carbocycles. The van der Waals surface area contributed by atoms with Crippen molar-refractivity contribution < 1.29 is 4.79 Å². The average Bonchev–Trinajstić information content (AvgIpc) is 2.98. The van der Waals surface area contributed by atoms with Crippen molar-refractivity contribution in [3.05, 3.63) is 35.5 Å². The summed E-state index contributed by atoms with van der Waals surface area (Å²) in [4.78, 5) is 19.8. The third kappa shape index (κ3) is 1.57. The number of nitrogens with two attached hydrogens (primary N) is 1. The van der Waals surface area contributed by atoms with E-state index in [9.17, 15) is 4.79 Å². The van der Waals surface area contributed by atoms with Gasteiger partial charge in [0.1, 0.15) is 12.7 Å². The smallest absolute Gasteiger partial charge is 0.252 e. The molecule has 2 aromatic heterocycles. The quantitative estimate of drug-likeness (QED) is 0.799. The van der Waals surface area contributed by atoms with E-state index in [0.29, 0.717) is 11.4 Å². The molecule has 86 valence electrons. The number of carbonyl (C=O) groups excluding carboxylic acids is 1. The fourth-order valence-corrected chi connectivity index (χ4v) is 2.13. The Hall–Kier alpha value is -2.24. The second-order valence-corrected chi connectivity index (χ2v) is 4.02. The summed E-state index contributed by atoms with van der Waals surface area (Å²) >= 11 is 0. The molecule has 17 heavy (non-hydrogen) atoms. The van der Waals surface area contributed by atoms with Crippen LogP contribution in [0.2, 0.25) is 0 Å². The van der Waals surface area contributed by atoms with Crippen LogP contribution in [-0.4, -0.2) is 25.7 Å². The molecule has 1 amide bonds. The molecule has 1 aliphatic rings. The molecule has 0 spiro atoms. The van der Waals surface area contributed by atoms with Crippen LogP contribution in [0.3, 0.4) is 0 Å². The second-order valence-electron chi connectivity index (χ2n) is 4.02. The SMILES string of the molecule is NC(=O)c1cc2c(nc1-n1cncn1)CCC2. The zero-order valence-corrected chi connectivity index (χ0v) is 9.13. The van der Waals surface area contributed by atoms with Gasteiger partial charge in [-0.2, -0.15) is 5.10 Å². The van der Waals surface area contributed by atoms with E-state index in [1.807, 2.05) is 6.07 Å². The van der Waals surface area contributed by atoms with Crippen molar-refractivity contribution in [1.29, 1.82) is 0 Å². The molecule has 3 rings (SSSR count). The van der Waals surface area contributed by atoms with Crippen LogP contribution in [0.1, 0.15) is 28.0 Å².